The molecule has 0 aromatic carbocycles. The number of aryl methyl sites for hydroxylation is 1. The number of aromatic nitrogens is 2. The van der Waals surface area contributed by atoms with Gasteiger partial charge in [-0.05, 0) is 18.9 Å². The van der Waals surface area contributed by atoms with Gasteiger partial charge >= 0.3 is 0 Å². The molecule has 1 fully saturated rings. The average Bonchev–Trinajstić information content (AvgIpc) is 2.81. The molecule has 96 valence electrons. The maximum absolute atomic E-state index is 11.6. The molecule has 1 saturated heterocycles. The topological polar surface area (TPSA) is 64.0 Å². The molecule has 5 nitrogen and oxygen atoms in total. The summed E-state index contributed by atoms with van der Waals surface area (Å²) < 4.78 is 25.0. The van der Waals surface area contributed by atoms with Crippen LogP contribution in [0.2, 0.25) is 0 Å². The normalized spacial score (nSPS) is 23.0. The van der Waals surface area contributed by atoms with Crippen LogP contribution < -0.4 is 5.32 Å². The van der Waals surface area contributed by atoms with Crippen LogP contribution in [0.5, 0.6) is 0 Å². The van der Waals surface area contributed by atoms with Crippen molar-refractivity contribution in [2.24, 2.45) is 7.05 Å². The summed E-state index contributed by atoms with van der Waals surface area (Å²) in [5, 5.41) is 7.14. The van der Waals surface area contributed by atoms with Gasteiger partial charge in [-0.2, -0.15) is 5.10 Å². The van der Waals surface area contributed by atoms with Gasteiger partial charge in [0.25, 0.3) is 0 Å². The molecular formula is C11H19N3O2S. The molecule has 2 rings (SSSR count). The zero-order valence-electron chi connectivity index (χ0n) is 10.1. The van der Waals surface area contributed by atoms with Gasteiger partial charge in [0.05, 0.1) is 11.0 Å². The molecule has 2 heterocycles. The first kappa shape index (κ1) is 12.6. The maximum Gasteiger partial charge on any atom is 0.154 e. The van der Waals surface area contributed by atoms with E-state index in [4.69, 9.17) is 0 Å². The summed E-state index contributed by atoms with van der Waals surface area (Å²) in [6, 6.07) is 1.98. The van der Waals surface area contributed by atoms with Gasteiger partial charge < -0.3 is 5.32 Å². The van der Waals surface area contributed by atoms with Crippen molar-refractivity contribution in [2.45, 2.75) is 24.5 Å². The lowest BCUT2D eigenvalue weighted by molar-refractivity contribution is 0.571. The Morgan fingerprint density at radius 3 is 3.00 bits per heavy atom. The van der Waals surface area contributed by atoms with Crippen LogP contribution in [-0.2, 0) is 23.3 Å². The van der Waals surface area contributed by atoms with Crippen LogP contribution >= 0.6 is 0 Å². The Kier molecular flexibility index (Phi) is 3.83. The second-order valence-electron chi connectivity index (χ2n) is 4.53. The SMILES string of the molecule is Cn1nccc1CCNCC1CCCS1(=O)=O. The lowest BCUT2D eigenvalue weighted by Gasteiger charge is -2.10. The quantitative estimate of drug-likeness (QED) is 0.762. The van der Waals surface area contributed by atoms with Crippen LogP contribution in [0.3, 0.4) is 0 Å². The van der Waals surface area contributed by atoms with Crippen LogP contribution in [0, 0.1) is 0 Å². The summed E-state index contributed by atoms with van der Waals surface area (Å²) in [4.78, 5) is 0. The van der Waals surface area contributed by atoms with Crippen molar-refractivity contribution in [3.05, 3.63) is 18.0 Å². The fraction of sp³-hybridized carbons (Fsp3) is 0.727. The number of hydrogen-bond donors (Lipinski definition) is 1. The van der Waals surface area contributed by atoms with Gasteiger partial charge in [0.2, 0.25) is 0 Å². The van der Waals surface area contributed by atoms with Crippen molar-refractivity contribution in [1.29, 1.82) is 0 Å². The Morgan fingerprint density at radius 2 is 2.41 bits per heavy atom. The highest BCUT2D eigenvalue weighted by molar-refractivity contribution is 7.92. The van der Waals surface area contributed by atoms with Gasteiger partial charge in [0, 0.05) is 38.4 Å². The smallest absolute Gasteiger partial charge is 0.154 e. The highest BCUT2D eigenvalue weighted by Gasteiger charge is 2.30. The molecule has 1 aromatic rings. The zero-order valence-corrected chi connectivity index (χ0v) is 10.9. The molecule has 1 atom stereocenters. The fourth-order valence-corrected chi connectivity index (χ4v) is 4.01. The van der Waals surface area contributed by atoms with Crippen molar-refractivity contribution < 1.29 is 8.42 Å². The first-order valence-electron chi connectivity index (χ1n) is 5.99. The number of sulfone groups is 1. The molecule has 17 heavy (non-hydrogen) atoms. The second-order valence-corrected chi connectivity index (χ2v) is 6.93. The van der Waals surface area contributed by atoms with E-state index in [1.54, 1.807) is 6.20 Å². The van der Waals surface area contributed by atoms with Crippen molar-refractivity contribution in [3.8, 4) is 0 Å². The number of nitrogens with zero attached hydrogens (tertiary/aromatic N) is 2. The third kappa shape index (κ3) is 3.07. The molecule has 1 unspecified atom stereocenters. The van der Waals surface area contributed by atoms with E-state index in [9.17, 15) is 8.42 Å². The van der Waals surface area contributed by atoms with E-state index in [1.165, 1.54) is 0 Å². The molecule has 0 bridgehead atoms. The van der Waals surface area contributed by atoms with Crippen molar-refractivity contribution in [2.75, 3.05) is 18.8 Å². The Bertz CT molecular complexity index is 467. The predicted octanol–water partition coefficient (Wildman–Crippen LogP) is 0.129. The Hall–Kier alpha value is -0.880. The third-order valence-corrected chi connectivity index (χ3v) is 5.59. The minimum absolute atomic E-state index is 0.172. The van der Waals surface area contributed by atoms with E-state index >= 15 is 0 Å². The van der Waals surface area contributed by atoms with E-state index in [0.717, 1.165) is 31.5 Å². The Balaban J connectivity index is 1.72. The summed E-state index contributed by atoms with van der Waals surface area (Å²) in [5.41, 5.74) is 1.16. The van der Waals surface area contributed by atoms with E-state index in [2.05, 4.69) is 10.4 Å². The lowest BCUT2D eigenvalue weighted by atomic mass is 10.2. The Labute approximate surface area is 102 Å². The summed E-state index contributed by atoms with van der Waals surface area (Å²) in [6.45, 7) is 1.38. The van der Waals surface area contributed by atoms with E-state index in [-0.39, 0.29) is 5.25 Å². The molecule has 0 aliphatic carbocycles. The molecular weight excluding hydrogens is 238 g/mol. The molecule has 0 amide bonds. The fourth-order valence-electron chi connectivity index (χ4n) is 2.21. The number of rotatable bonds is 5. The van der Waals surface area contributed by atoms with Gasteiger partial charge in [-0.1, -0.05) is 0 Å². The second kappa shape index (κ2) is 5.18. The molecule has 1 aliphatic heterocycles. The molecule has 0 saturated carbocycles. The number of hydrogen-bond acceptors (Lipinski definition) is 4. The third-order valence-electron chi connectivity index (χ3n) is 3.32. The lowest BCUT2D eigenvalue weighted by Crippen LogP contribution is -2.31. The van der Waals surface area contributed by atoms with Crippen molar-refractivity contribution in [1.82, 2.24) is 15.1 Å². The largest absolute Gasteiger partial charge is 0.315 e. The van der Waals surface area contributed by atoms with Gasteiger partial charge in [0.15, 0.2) is 9.84 Å². The summed E-state index contributed by atoms with van der Waals surface area (Å²) in [7, 11) is -0.896. The molecule has 1 N–H and O–H groups in total. The van der Waals surface area contributed by atoms with Gasteiger partial charge in [-0.15, -0.1) is 0 Å². The monoisotopic (exact) mass is 257 g/mol. The predicted molar refractivity (Wildman–Crippen MR) is 66.6 cm³/mol. The minimum Gasteiger partial charge on any atom is -0.315 e. The van der Waals surface area contributed by atoms with E-state index < -0.39 is 9.84 Å². The van der Waals surface area contributed by atoms with Gasteiger partial charge in [-0.3, -0.25) is 4.68 Å². The summed E-state index contributed by atoms with van der Waals surface area (Å²) >= 11 is 0. The van der Waals surface area contributed by atoms with Crippen molar-refractivity contribution >= 4 is 9.84 Å². The van der Waals surface area contributed by atoms with Crippen LogP contribution in [0.15, 0.2) is 12.3 Å². The maximum atomic E-state index is 11.6. The van der Waals surface area contributed by atoms with Crippen LogP contribution in [0.25, 0.3) is 0 Å². The molecule has 0 spiro atoms. The van der Waals surface area contributed by atoms with Crippen LogP contribution in [-0.4, -0.2) is 42.3 Å². The first-order valence-corrected chi connectivity index (χ1v) is 7.70. The highest BCUT2D eigenvalue weighted by Crippen LogP contribution is 2.18. The highest BCUT2D eigenvalue weighted by atomic mass is 32.2. The zero-order chi connectivity index (χ0) is 12.3. The standard InChI is InChI=1S/C11H19N3O2S/c1-14-10(5-7-13-14)4-6-12-9-11-3-2-8-17(11,15)16/h5,7,11-12H,2-4,6,8-9H2,1H3. The van der Waals surface area contributed by atoms with E-state index in [1.807, 2.05) is 17.8 Å². The summed E-state index contributed by atoms with van der Waals surface area (Å²) in [5.74, 6) is 0.362. The first-order chi connectivity index (χ1) is 8.09. The number of nitrogens with one attached hydrogen (secondary N) is 1. The summed E-state index contributed by atoms with van der Waals surface area (Å²) in [6.07, 6.45) is 4.28. The molecule has 0 radical (unpaired) electrons. The average molecular weight is 257 g/mol. The minimum atomic E-state index is -2.81. The molecule has 1 aromatic heterocycles. The molecule has 6 heteroatoms. The Morgan fingerprint density at radius 1 is 1.59 bits per heavy atom. The van der Waals surface area contributed by atoms with E-state index in [0.29, 0.717) is 12.3 Å². The van der Waals surface area contributed by atoms with Crippen molar-refractivity contribution in [3.63, 3.8) is 0 Å². The molecule has 1 aliphatic rings. The van der Waals surface area contributed by atoms with Gasteiger partial charge in [0.1, 0.15) is 0 Å². The van der Waals surface area contributed by atoms with Crippen LogP contribution in [0.4, 0.5) is 0 Å². The van der Waals surface area contributed by atoms with Crippen LogP contribution in [0.1, 0.15) is 18.5 Å². The van der Waals surface area contributed by atoms with Gasteiger partial charge in [-0.25, -0.2) is 8.42 Å².